The van der Waals surface area contributed by atoms with Gasteiger partial charge in [0.15, 0.2) is 5.96 Å². The molecule has 0 spiro atoms. The lowest BCUT2D eigenvalue weighted by atomic mass is 10.0. The Hall–Kier alpha value is -1.61. The van der Waals surface area contributed by atoms with Gasteiger partial charge in [0.1, 0.15) is 0 Å². The van der Waals surface area contributed by atoms with Crippen molar-refractivity contribution in [1.82, 2.24) is 25.3 Å². The summed E-state index contributed by atoms with van der Waals surface area (Å²) in [7, 11) is 1.84. The minimum atomic E-state index is 0. The highest BCUT2D eigenvalue weighted by atomic mass is 127. The summed E-state index contributed by atoms with van der Waals surface area (Å²) in [5.41, 5.74) is 2.30. The quantitative estimate of drug-likeness (QED) is 0.367. The maximum atomic E-state index is 4.46. The normalized spacial score (nSPS) is 16.1. The van der Waals surface area contributed by atoms with Crippen molar-refractivity contribution in [1.29, 1.82) is 0 Å². The van der Waals surface area contributed by atoms with Gasteiger partial charge in [0, 0.05) is 45.0 Å². The first-order valence-electron chi connectivity index (χ1n) is 9.96. The van der Waals surface area contributed by atoms with E-state index in [1.165, 1.54) is 18.4 Å². The van der Waals surface area contributed by atoms with E-state index in [0.29, 0.717) is 12.1 Å². The average Bonchev–Trinajstić information content (AvgIpc) is 3.17. The minimum absolute atomic E-state index is 0. The fourth-order valence-electron chi connectivity index (χ4n) is 3.48. The van der Waals surface area contributed by atoms with Crippen molar-refractivity contribution in [2.24, 2.45) is 4.99 Å². The average molecular weight is 496 g/mol. The number of benzene rings is 1. The van der Waals surface area contributed by atoms with Gasteiger partial charge >= 0.3 is 0 Å². The lowest BCUT2D eigenvalue weighted by Gasteiger charge is -2.35. The lowest BCUT2D eigenvalue weighted by Crippen LogP contribution is -2.50. The van der Waals surface area contributed by atoms with Gasteiger partial charge in [-0.1, -0.05) is 18.2 Å². The summed E-state index contributed by atoms with van der Waals surface area (Å²) >= 11 is 0. The first kappa shape index (κ1) is 22.7. The van der Waals surface area contributed by atoms with Crippen molar-refractivity contribution < 1.29 is 0 Å². The Kier molecular flexibility index (Phi) is 9.24. The number of rotatable bonds is 6. The molecule has 1 aliphatic rings. The Bertz CT molecular complexity index is 720. The molecular formula is C21H33IN6. The SMILES string of the molecule is CN=C(NCCc1cnn(-c2ccccc2)c1)NC1CCN(C(C)C)CC1.I. The van der Waals surface area contributed by atoms with Crippen LogP contribution in [0.4, 0.5) is 0 Å². The molecule has 2 aromatic rings. The van der Waals surface area contributed by atoms with Crippen molar-refractivity contribution in [3.63, 3.8) is 0 Å². The van der Waals surface area contributed by atoms with E-state index in [2.05, 4.69) is 57.8 Å². The zero-order valence-electron chi connectivity index (χ0n) is 17.1. The molecule has 6 nitrogen and oxygen atoms in total. The molecule has 2 heterocycles. The number of hydrogen-bond donors (Lipinski definition) is 2. The summed E-state index contributed by atoms with van der Waals surface area (Å²) in [4.78, 5) is 6.92. The van der Waals surface area contributed by atoms with E-state index in [4.69, 9.17) is 0 Å². The van der Waals surface area contributed by atoms with Crippen LogP contribution in [0.2, 0.25) is 0 Å². The Balaban J connectivity index is 0.00000280. The number of para-hydroxylation sites is 1. The Morgan fingerprint density at radius 1 is 1.21 bits per heavy atom. The van der Waals surface area contributed by atoms with Crippen LogP contribution in [0.25, 0.3) is 5.69 Å². The molecule has 0 amide bonds. The molecule has 1 aliphatic heterocycles. The van der Waals surface area contributed by atoms with Crippen molar-refractivity contribution in [2.75, 3.05) is 26.7 Å². The molecular weight excluding hydrogens is 463 g/mol. The van der Waals surface area contributed by atoms with Gasteiger partial charge in [-0.15, -0.1) is 24.0 Å². The van der Waals surface area contributed by atoms with Crippen molar-refractivity contribution in [3.05, 3.63) is 48.3 Å². The molecule has 1 fully saturated rings. The Morgan fingerprint density at radius 2 is 1.93 bits per heavy atom. The van der Waals surface area contributed by atoms with Crippen LogP contribution in [0.1, 0.15) is 32.3 Å². The van der Waals surface area contributed by atoms with E-state index in [1.807, 2.05) is 36.1 Å². The zero-order valence-corrected chi connectivity index (χ0v) is 19.5. The van der Waals surface area contributed by atoms with Gasteiger partial charge in [-0.3, -0.25) is 4.99 Å². The lowest BCUT2D eigenvalue weighted by molar-refractivity contribution is 0.167. The summed E-state index contributed by atoms with van der Waals surface area (Å²) in [5.74, 6) is 0.897. The number of likely N-dealkylation sites (tertiary alicyclic amines) is 1. The first-order valence-corrected chi connectivity index (χ1v) is 9.96. The molecule has 154 valence electrons. The number of piperidine rings is 1. The van der Waals surface area contributed by atoms with Gasteiger partial charge in [-0.05, 0) is 50.8 Å². The number of aliphatic imine (C=N–C) groups is 1. The van der Waals surface area contributed by atoms with Crippen molar-refractivity contribution >= 4 is 29.9 Å². The van der Waals surface area contributed by atoms with Crippen LogP contribution in [0.3, 0.4) is 0 Å². The number of nitrogens with zero attached hydrogens (tertiary/aromatic N) is 4. The second-order valence-electron chi connectivity index (χ2n) is 7.43. The fraction of sp³-hybridized carbons (Fsp3) is 0.524. The van der Waals surface area contributed by atoms with Crippen LogP contribution in [0, 0.1) is 0 Å². The zero-order chi connectivity index (χ0) is 19.1. The van der Waals surface area contributed by atoms with Crippen LogP contribution < -0.4 is 10.6 Å². The summed E-state index contributed by atoms with van der Waals surface area (Å²) in [5, 5.41) is 11.5. The van der Waals surface area contributed by atoms with Gasteiger partial charge in [-0.2, -0.15) is 5.10 Å². The highest BCUT2D eigenvalue weighted by Crippen LogP contribution is 2.13. The van der Waals surface area contributed by atoms with Gasteiger partial charge in [0.25, 0.3) is 0 Å². The minimum Gasteiger partial charge on any atom is -0.356 e. The molecule has 2 N–H and O–H groups in total. The number of guanidine groups is 1. The van der Waals surface area contributed by atoms with Gasteiger partial charge in [0.2, 0.25) is 0 Å². The van der Waals surface area contributed by atoms with E-state index < -0.39 is 0 Å². The third-order valence-corrected chi connectivity index (χ3v) is 5.19. The molecule has 1 aromatic heterocycles. The Labute approximate surface area is 185 Å². The van der Waals surface area contributed by atoms with Gasteiger partial charge < -0.3 is 15.5 Å². The van der Waals surface area contributed by atoms with E-state index >= 15 is 0 Å². The van der Waals surface area contributed by atoms with Gasteiger partial charge in [0.05, 0.1) is 11.9 Å². The number of aromatic nitrogens is 2. The maximum absolute atomic E-state index is 4.46. The third-order valence-electron chi connectivity index (χ3n) is 5.19. The molecule has 3 rings (SSSR count). The molecule has 7 heteroatoms. The standard InChI is InChI=1S/C21H32N6.HI/c1-17(2)26-13-10-19(11-14-26)25-21(22-3)23-12-9-18-15-24-27(16-18)20-7-5-4-6-8-20;/h4-8,15-17,19H,9-14H2,1-3H3,(H2,22,23,25);1H. The molecule has 0 radical (unpaired) electrons. The second-order valence-corrected chi connectivity index (χ2v) is 7.43. The van der Waals surface area contributed by atoms with Crippen molar-refractivity contribution in [3.8, 4) is 5.69 Å². The predicted octanol–water partition coefficient (Wildman–Crippen LogP) is 3.07. The van der Waals surface area contributed by atoms with Crippen LogP contribution in [0.15, 0.2) is 47.7 Å². The van der Waals surface area contributed by atoms with Crippen LogP contribution >= 0.6 is 24.0 Å². The van der Waals surface area contributed by atoms with Crippen LogP contribution in [-0.4, -0.2) is 59.4 Å². The topological polar surface area (TPSA) is 57.5 Å². The number of nitrogens with one attached hydrogen (secondary N) is 2. The summed E-state index contributed by atoms with van der Waals surface area (Å²) in [6.07, 6.45) is 7.28. The van der Waals surface area contributed by atoms with E-state index in [0.717, 1.165) is 37.7 Å². The number of hydrogen-bond acceptors (Lipinski definition) is 3. The maximum Gasteiger partial charge on any atom is 0.191 e. The largest absolute Gasteiger partial charge is 0.356 e. The fourth-order valence-corrected chi connectivity index (χ4v) is 3.48. The van der Waals surface area contributed by atoms with E-state index in [-0.39, 0.29) is 24.0 Å². The summed E-state index contributed by atoms with van der Waals surface area (Å²) < 4.78 is 1.92. The van der Waals surface area contributed by atoms with E-state index in [1.54, 1.807) is 0 Å². The molecule has 0 unspecified atom stereocenters. The van der Waals surface area contributed by atoms with Crippen molar-refractivity contribution in [2.45, 2.75) is 45.2 Å². The molecule has 0 aliphatic carbocycles. The monoisotopic (exact) mass is 496 g/mol. The smallest absolute Gasteiger partial charge is 0.191 e. The molecule has 1 aromatic carbocycles. The highest BCUT2D eigenvalue weighted by Gasteiger charge is 2.21. The molecule has 1 saturated heterocycles. The van der Waals surface area contributed by atoms with Crippen LogP contribution in [0.5, 0.6) is 0 Å². The Morgan fingerprint density at radius 3 is 2.57 bits per heavy atom. The third kappa shape index (κ3) is 6.48. The highest BCUT2D eigenvalue weighted by molar-refractivity contribution is 14.0. The molecule has 28 heavy (non-hydrogen) atoms. The summed E-state index contributed by atoms with van der Waals surface area (Å²) in [6, 6.07) is 11.3. The number of halogens is 1. The van der Waals surface area contributed by atoms with Gasteiger partial charge in [-0.25, -0.2) is 4.68 Å². The molecule has 0 atom stereocenters. The molecule has 0 bridgehead atoms. The summed E-state index contributed by atoms with van der Waals surface area (Å²) in [6.45, 7) is 7.70. The molecule has 0 saturated carbocycles. The first-order chi connectivity index (χ1) is 13.2. The van der Waals surface area contributed by atoms with Crippen LogP contribution in [-0.2, 0) is 6.42 Å². The predicted molar refractivity (Wildman–Crippen MR) is 127 cm³/mol. The second kappa shape index (κ2) is 11.4. The van der Waals surface area contributed by atoms with E-state index in [9.17, 15) is 0 Å².